The van der Waals surface area contributed by atoms with E-state index in [4.69, 9.17) is 5.73 Å². The van der Waals surface area contributed by atoms with E-state index in [0.29, 0.717) is 0 Å². The zero-order valence-electron chi connectivity index (χ0n) is 13.0. The van der Waals surface area contributed by atoms with Gasteiger partial charge in [0.1, 0.15) is 0 Å². The Balaban J connectivity index is -0.000000197. The molecule has 0 aliphatic rings. The van der Waals surface area contributed by atoms with Gasteiger partial charge in [-0.25, -0.2) is 0 Å². The van der Waals surface area contributed by atoms with Crippen LogP contribution >= 0.6 is 0 Å². The van der Waals surface area contributed by atoms with Crippen LogP contribution in [0.15, 0.2) is 0 Å². The number of hydrogen-bond acceptors (Lipinski definition) is 3. The van der Waals surface area contributed by atoms with Crippen LogP contribution in [-0.4, -0.2) is 39.9 Å². The molecule has 18 heavy (non-hydrogen) atoms. The zero-order valence-corrected chi connectivity index (χ0v) is 15.9. The molecular formula is C14H33NO2Sn. The van der Waals surface area contributed by atoms with Crippen molar-refractivity contribution in [2.75, 3.05) is 6.54 Å². The minimum absolute atomic E-state index is 0.115. The van der Waals surface area contributed by atoms with Gasteiger partial charge in [-0.1, -0.05) is 40.5 Å². The van der Waals surface area contributed by atoms with Crippen LogP contribution < -0.4 is 15.9 Å². The Morgan fingerprint density at radius 3 is 1.56 bits per heavy atom. The number of hydrogen-bond donors (Lipinski definition) is 1. The molecule has 110 valence electrons. The fourth-order valence-electron chi connectivity index (χ4n) is 0.571. The molecule has 0 aliphatic carbocycles. The summed E-state index contributed by atoms with van der Waals surface area (Å²) in [4.78, 5) is 0. The molecule has 2 unspecified atom stereocenters. The number of unbranched alkanes of at least 4 members (excludes halogenated alkanes) is 1. The van der Waals surface area contributed by atoms with Crippen LogP contribution in [0.3, 0.4) is 0 Å². The first-order valence-electron chi connectivity index (χ1n) is 7.18. The summed E-state index contributed by atoms with van der Waals surface area (Å²) < 4.78 is 3.03. The third-order valence-corrected chi connectivity index (χ3v) is 5.65. The van der Waals surface area contributed by atoms with Gasteiger partial charge in [0.25, 0.3) is 0 Å². The first-order valence-corrected chi connectivity index (χ1v) is 11.2. The molecule has 0 fully saturated rings. The van der Waals surface area contributed by atoms with E-state index in [0.717, 1.165) is 19.4 Å². The van der Waals surface area contributed by atoms with E-state index < -0.39 is 0 Å². The molecule has 0 heterocycles. The second-order valence-electron chi connectivity index (χ2n) is 4.29. The predicted molar refractivity (Wildman–Crippen MR) is 78.8 cm³/mol. The Morgan fingerprint density at radius 1 is 0.944 bits per heavy atom. The monoisotopic (exact) mass is 367 g/mol. The first kappa shape index (κ1) is 23.7. The van der Waals surface area contributed by atoms with Crippen LogP contribution in [0, 0.1) is 0 Å². The van der Waals surface area contributed by atoms with E-state index >= 15 is 0 Å². The maximum absolute atomic E-state index is 9.90. The Morgan fingerprint density at radius 2 is 1.33 bits per heavy atom. The van der Waals surface area contributed by atoms with E-state index in [1.54, 1.807) is 13.8 Å². The van der Waals surface area contributed by atoms with Crippen molar-refractivity contribution in [1.29, 1.82) is 0 Å². The van der Waals surface area contributed by atoms with Crippen molar-refractivity contribution < 1.29 is 10.2 Å². The molecule has 2 N–H and O–H groups in total. The van der Waals surface area contributed by atoms with Crippen molar-refractivity contribution >= 4 is 21.1 Å². The summed E-state index contributed by atoms with van der Waals surface area (Å²) in [5, 5.41) is 19.8. The van der Waals surface area contributed by atoms with Gasteiger partial charge in [0.2, 0.25) is 0 Å². The number of rotatable bonds is 7. The van der Waals surface area contributed by atoms with Crippen LogP contribution in [0.5, 0.6) is 0 Å². The summed E-state index contributed by atoms with van der Waals surface area (Å²) in [7, 11) is 0. The molecule has 0 spiro atoms. The maximum atomic E-state index is 9.90. The molecule has 0 radical (unpaired) electrons. The summed E-state index contributed by atoms with van der Waals surface area (Å²) in [6, 6.07) is 0. The van der Waals surface area contributed by atoms with Gasteiger partial charge < -0.3 is 10.2 Å². The second kappa shape index (κ2) is 22.8. The van der Waals surface area contributed by atoms with Gasteiger partial charge in [0.15, 0.2) is 0 Å². The number of nitrogens with two attached hydrogens (primary N) is 1. The molecule has 0 rings (SSSR count). The second-order valence-corrected chi connectivity index (χ2v) is 9.16. The van der Waals surface area contributed by atoms with Crippen molar-refractivity contribution in [1.82, 2.24) is 0 Å². The fourth-order valence-corrected chi connectivity index (χ4v) is 3.01. The van der Waals surface area contributed by atoms with Crippen LogP contribution in [-0.2, 0) is 0 Å². The first-order chi connectivity index (χ1) is 8.45. The molecule has 4 heteroatoms. The molecule has 0 aromatic heterocycles. The third kappa shape index (κ3) is 43.8. The van der Waals surface area contributed by atoms with Gasteiger partial charge in [-0.15, -0.1) is 12.2 Å². The van der Waals surface area contributed by atoms with Gasteiger partial charge in [-0.2, -0.15) is 0 Å². The molecular weight excluding hydrogens is 333 g/mol. The molecule has 2 atom stereocenters. The Labute approximate surface area is 125 Å². The van der Waals surface area contributed by atoms with E-state index in [-0.39, 0.29) is 33.4 Å². The minimum atomic E-state index is -0.366. The quantitative estimate of drug-likeness (QED) is 0.549. The van der Waals surface area contributed by atoms with E-state index in [9.17, 15) is 10.2 Å². The van der Waals surface area contributed by atoms with Crippen molar-refractivity contribution in [3.8, 4) is 0 Å². The van der Waals surface area contributed by atoms with Gasteiger partial charge in [0, 0.05) is 0 Å². The zero-order chi connectivity index (χ0) is 14.8. The van der Waals surface area contributed by atoms with Crippen molar-refractivity contribution in [2.24, 2.45) is 5.73 Å². The molecule has 0 aromatic rings. The van der Waals surface area contributed by atoms with Crippen molar-refractivity contribution in [3.05, 3.63) is 0 Å². The van der Waals surface area contributed by atoms with E-state index in [1.807, 2.05) is 13.8 Å². The Hall–Kier alpha value is 0.679. The molecule has 0 saturated heterocycles. The summed E-state index contributed by atoms with van der Waals surface area (Å²) >= 11 is 0.115. The normalized spacial score (nSPS) is 12.2. The standard InChI is InChI=1S/C4H10N.2C4H9O.C2H5.Sn/c1-2-3-4-5;2*1-3-4(2)5;1-2;/h1-5H2;2*4H,3H2,1-2H3;1H2,2H3;/q;2*-1;;+2. The fraction of sp³-hybridized carbons (Fsp3) is 1.00. The topological polar surface area (TPSA) is 72.1 Å². The molecule has 0 aromatic carbocycles. The van der Waals surface area contributed by atoms with Crippen LogP contribution in [0.1, 0.15) is 60.3 Å². The van der Waals surface area contributed by atoms with E-state index in [2.05, 4.69) is 6.92 Å². The molecule has 0 saturated carbocycles. The average molecular weight is 366 g/mol. The van der Waals surface area contributed by atoms with Gasteiger partial charge in [-0.05, 0) is 0 Å². The molecule has 0 amide bonds. The van der Waals surface area contributed by atoms with Crippen molar-refractivity contribution in [3.63, 3.8) is 0 Å². The van der Waals surface area contributed by atoms with Crippen LogP contribution in [0.4, 0.5) is 0 Å². The van der Waals surface area contributed by atoms with Gasteiger partial charge in [0.05, 0.1) is 0 Å². The van der Waals surface area contributed by atoms with Gasteiger partial charge >= 0.3 is 62.1 Å². The summed E-state index contributed by atoms with van der Waals surface area (Å²) in [5.41, 5.74) is 5.33. The Kier molecular flexibility index (Phi) is 30.1. The van der Waals surface area contributed by atoms with Crippen LogP contribution in [0.2, 0.25) is 8.87 Å². The average Bonchev–Trinajstić information content (AvgIpc) is 2.36. The van der Waals surface area contributed by atoms with Crippen LogP contribution in [0.25, 0.3) is 0 Å². The third-order valence-electron chi connectivity index (χ3n) is 2.21. The van der Waals surface area contributed by atoms with Crippen molar-refractivity contribution in [2.45, 2.75) is 81.4 Å². The SMILES string of the molecule is CCC(C)[O-].CCC(C)[O-].C[CH2][Sn+2][CH2]CCCN. The molecule has 0 bridgehead atoms. The molecule has 0 aliphatic heterocycles. The summed E-state index contributed by atoms with van der Waals surface area (Å²) in [5.74, 6) is 0. The molecule has 3 nitrogen and oxygen atoms in total. The predicted octanol–water partition coefficient (Wildman–Crippen LogP) is 1.58. The van der Waals surface area contributed by atoms with E-state index in [1.165, 1.54) is 21.7 Å². The Bertz CT molecular complexity index is 108. The summed E-state index contributed by atoms with van der Waals surface area (Å²) in [6.45, 7) is 10.3. The summed E-state index contributed by atoms with van der Waals surface area (Å²) in [6.07, 6.45) is 3.42. The van der Waals surface area contributed by atoms with Gasteiger partial charge in [-0.3, -0.25) is 0 Å².